The number of carbonyl (C=O) groups is 1. The van der Waals surface area contributed by atoms with E-state index in [4.69, 9.17) is 4.74 Å². The van der Waals surface area contributed by atoms with Crippen molar-refractivity contribution in [3.63, 3.8) is 0 Å². The van der Waals surface area contributed by atoms with Gasteiger partial charge in [-0.3, -0.25) is 14.9 Å². The van der Waals surface area contributed by atoms with Crippen molar-refractivity contribution in [2.75, 3.05) is 20.2 Å². The van der Waals surface area contributed by atoms with Crippen molar-refractivity contribution < 1.29 is 22.9 Å². The van der Waals surface area contributed by atoms with Crippen LogP contribution >= 0.6 is 0 Å². The molecule has 1 N–H and O–H groups in total. The SMILES string of the molecule is COc1ccc(C(=O)NCc2ccccc2[N+](=O)[O-])cc1S(=O)(=O)N1CCCC1. The molecule has 0 aliphatic carbocycles. The lowest BCUT2D eigenvalue weighted by molar-refractivity contribution is -0.385. The van der Waals surface area contributed by atoms with Gasteiger partial charge in [0.2, 0.25) is 10.0 Å². The van der Waals surface area contributed by atoms with E-state index >= 15 is 0 Å². The van der Waals surface area contributed by atoms with Crippen LogP contribution in [0.3, 0.4) is 0 Å². The molecule has 0 radical (unpaired) electrons. The Labute approximate surface area is 168 Å². The fourth-order valence-corrected chi connectivity index (χ4v) is 4.90. The second-order valence-corrected chi connectivity index (χ2v) is 8.45. The highest BCUT2D eigenvalue weighted by Crippen LogP contribution is 2.30. The van der Waals surface area contributed by atoms with Crippen molar-refractivity contribution in [1.82, 2.24) is 9.62 Å². The molecule has 29 heavy (non-hydrogen) atoms. The number of amides is 1. The van der Waals surface area contributed by atoms with Gasteiger partial charge in [0.25, 0.3) is 11.6 Å². The van der Waals surface area contributed by atoms with E-state index < -0.39 is 20.9 Å². The summed E-state index contributed by atoms with van der Waals surface area (Å²) in [5, 5.41) is 13.7. The largest absolute Gasteiger partial charge is 0.495 e. The molecule has 154 valence electrons. The molecule has 0 aromatic heterocycles. The number of ether oxygens (including phenoxy) is 1. The number of hydrogen-bond donors (Lipinski definition) is 1. The Morgan fingerprint density at radius 2 is 1.90 bits per heavy atom. The van der Waals surface area contributed by atoms with Crippen LogP contribution in [0.5, 0.6) is 5.75 Å². The highest BCUT2D eigenvalue weighted by Gasteiger charge is 2.30. The fourth-order valence-electron chi connectivity index (χ4n) is 3.20. The van der Waals surface area contributed by atoms with Crippen LogP contribution in [0.25, 0.3) is 0 Å². The van der Waals surface area contributed by atoms with E-state index in [1.54, 1.807) is 18.2 Å². The van der Waals surface area contributed by atoms with Crippen LogP contribution in [0.4, 0.5) is 5.69 Å². The Kier molecular flexibility index (Phi) is 6.14. The molecule has 3 rings (SSSR count). The molecule has 0 bridgehead atoms. The van der Waals surface area contributed by atoms with E-state index in [9.17, 15) is 23.3 Å². The summed E-state index contributed by atoms with van der Waals surface area (Å²) in [6.07, 6.45) is 1.58. The number of sulfonamides is 1. The average Bonchev–Trinajstić information content (AvgIpc) is 3.27. The normalized spacial score (nSPS) is 14.5. The van der Waals surface area contributed by atoms with E-state index in [1.165, 1.54) is 35.7 Å². The maximum atomic E-state index is 12.9. The van der Waals surface area contributed by atoms with E-state index in [0.29, 0.717) is 18.7 Å². The highest BCUT2D eigenvalue weighted by atomic mass is 32.2. The van der Waals surface area contributed by atoms with Gasteiger partial charge in [-0.15, -0.1) is 0 Å². The Morgan fingerprint density at radius 3 is 2.55 bits per heavy atom. The molecule has 10 heteroatoms. The summed E-state index contributed by atoms with van der Waals surface area (Å²) in [6, 6.07) is 10.3. The first-order valence-electron chi connectivity index (χ1n) is 9.03. The summed E-state index contributed by atoms with van der Waals surface area (Å²) in [4.78, 5) is 23.1. The zero-order valence-corrected chi connectivity index (χ0v) is 16.6. The predicted molar refractivity (Wildman–Crippen MR) is 105 cm³/mol. The van der Waals surface area contributed by atoms with Gasteiger partial charge in [0, 0.05) is 36.8 Å². The number of hydrogen-bond acceptors (Lipinski definition) is 6. The van der Waals surface area contributed by atoms with E-state index in [0.717, 1.165) is 12.8 Å². The molecule has 1 aliphatic heterocycles. The first kappa shape index (κ1) is 20.7. The molecule has 1 fully saturated rings. The minimum atomic E-state index is -3.78. The lowest BCUT2D eigenvalue weighted by Gasteiger charge is -2.18. The topological polar surface area (TPSA) is 119 Å². The van der Waals surface area contributed by atoms with Crippen molar-refractivity contribution in [1.29, 1.82) is 0 Å². The third-order valence-corrected chi connectivity index (χ3v) is 6.66. The number of carbonyl (C=O) groups excluding carboxylic acids is 1. The second kappa shape index (κ2) is 8.58. The van der Waals surface area contributed by atoms with Crippen LogP contribution in [-0.4, -0.2) is 43.8 Å². The molecule has 2 aromatic rings. The van der Waals surface area contributed by atoms with Gasteiger partial charge >= 0.3 is 0 Å². The molecule has 1 heterocycles. The Hall–Kier alpha value is -2.98. The van der Waals surface area contributed by atoms with Crippen LogP contribution in [0.1, 0.15) is 28.8 Å². The summed E-state index contributed by atoms with van der Waals surface area (Å²) < 4.78 is 32.4. The summed E-state index contributed by atoms with van der Waals surface area (Å²) in [5.74, 6) is -0.379. The van der Waals surface area contributed by atoms with Crippen molar-refractivity contribution in [3.8, 4) is 5.75 Å². The molecular weight excluding hydrogens is 398 g/mol. The minimum absolute atomic E-state index is 0.0593. The van der Waals surface area contributed by atoms with Gasteiger partial charge in [0.1, 0.15) is 10.6 Å². The maximum absolute atomic E-state index is 12.9. The maximum Gasteiger partial charge on any atom is 0.274 e. The van der Waals surface area contributed by atoms with Crippen LogP contribution < -0.4 is 10.1 Å². The zero-order valence-electron chi connectivity index (χ0n) is 15.8. The number of nitrogens with zero attached hydrogens (tertiary/aromatic N) is 2. The van der Waals surface area contributed by atoms with Crippen molar-refractivity contribution in [2.24, 2.45) is 0 Å². The molecule has 0 spiro atoms. The van der Waals surface area contributed by atoms with Gasteiger partial charge in [0.05, 0.1) is 12.0 Å². The molecule has 1 amide bonds. The monoisotopic (exact) mass is 419 g/mol. The lowest BCUT2D eigenvalue weighted by Crippen LogP contribution is -2.29. The fraction of sp³-hybridized carbons (Fsp3) is 0.316. The predicted octanol–water partition coefficient (Wildman–Crippen LogP) is 2.32. The summed E-state index contributed by atoms with van der Waals surface area (Å²) in [5.41, 5.74) is 0.381. The number of methoxy groups -OCH3 is 1. The number of para-hydroxylation sites is 1. The van der Waals surface area contributed by atoms with E-state index in [1.807, 2.05) is 0 Å². The number of nitro groups is 1. The van der Waals surface area contributed by atoms with Crippen LogP contribution in [-0.2, 0) is 16.6 Å². The van der Waals surface area contributed by atoms with Crippen molar-refractivity contribution >= 4 is 21.6 Å². The van der Waals surface area contributed by atoms with Crippen LogP contribution in [0.2, 0.25) is 0 Å². The first-order valence-corrected chi connectivity index (χ1v) is 10.5. The van der Waals surface area contributed by atoms with Crippen LogP contribution in [0, 0.1) is 10.1 Å². The van der Waals surface area contributed by atoms with Gasteiger partial charge in [-0.05, 0) is 31.0 Å². The number of benzene rings is 2. The molecule has 0 saturated carbocycles. The standard InChI is InChI=1S/C19H21N3O6S/c1-28-17-9-8-14(12-18(17)29(26,27)21-10-4-5-11-21)19(23)20-13-15-6-2-3-7-16(15)22(24)25/h2-3,6-9,12H,4-5,10-11,13H2,1H3,(H,20,23). The molecule has 2 aromatic carbocycles. The third-order valence-electron chi connectivity index (χ3n) is 4.74. The Morgan fingerprint density at radius 1 is 1.21 bits per heavy atom. The quantitative estimate of drug-likeness (QED) is 0.543. The second-order valence-electron chi connectivity index (χ2n) is 6.55. The summed E-state index contributed by atoms with van der Waals surface area (Å²) in [7, 11) is -2.42. The average molecular weight is 419 g/mol. The highest BCUT2D eigenvalue weighted by molar-refractivity contribution is 7.89. The number of nitro benzene ring substituents is 1. The van der Waals surface area contributed by atoms with Gasteiger partial charge in [-0.25, -0.2) is 8.42 Å². The molecular formula is C19H21N3O6S. The van der Waals surface area contributed by atoms with Crippen LogP contribution in [0.15, 0.2) is 47.4 Å². The molecule has 1 saturated heterocycles. The third kappa shape index (κ3) is 4.38. The van der Waals surface area contributed by atoms with Gasteiger partial charge in [0.15, 0.2) is 0 Å². The number of nitrogens with one attached hydrogen (secondary N) is 1. The van der Waals surface area contributed by atoms with Crippen molar-refractivity contribution in [3.05, 3.63) is 63.7 Å². The summed E-state index contributed by atoms with van der Waals surface area (Å²) >= 11 is 0. The number of rotatable bonds is 7. The Bertz CT molecular complexity index is 1030. The first-order chi connectivity index (χ1) is 13.8. The lowest BCUT2D eigenvalue weighted by atomic mass is 10.1. The zero-order chi connectivity index (χ0) is 21.0. The van der Waals surface area contributed by atoms with Gasteiger partial charge in [-0.1, -0.05) is 18.2 Å². The molecule has 9 nitrogen and oxygen atoms in total. The minimum Gasteiger partial charge on any atom is -0.495 e. The van der Waals surface area contributed by atoms with E-state index in [-0.39, 0.29) is 28.4 Å². The van der Waals surface area contributed by atoms with Gasteiger partial charge < -0.3 is 10.1 Å². The van der Waals surface area contributed by atoms with Gasteiger partial charge in [-0.2, -0.15) is 4.31 Å². The molecule has 1 aliphatic rings. The Balaban J connectivity index is 1.84. The molecule has 0 unspecified atom stereocenters. The smallest absolute Gasteiger partial charge is 0.274 e. The van der Waals surface area contributed by atoms with E-state index in [2.05, 4.69) is 5.32 Å². The van der Waals surface area contributed by atoms with Crippen molar-refractivity contribution in [2.45, 2.75) is 24.3 Å². The summed E-state index contributed by atoms with van der Waals surface area (Å²) in [6.45, 7) is 0.801. The molecule has 0 atom stereocenters.